The first-order valence-corrected chi connectivity index (χ1v) is 14.6. The molecule has 1 aromatic heterocycles. The summed E-state index contributed by atoms with van der Waals surface area (Å²) in [5.41, 5.74) is 4.37. The molecule has 1 saturated heterocycles. The Morgan fingerprint density at radius 3 is 2.39 bits per heavy atom. The third-order valence-electron chi connectivity index (χ3n) is 8.07. The Kier molecular flexibility index (Phi) is 9.28. The zero-order valence-corrected chi connectivity index (χ0v) is 25.2. The van der Waals surface area contributed by atoms with E-state index in [0.29, 0.717) is 18.0 Å². The Labute approximate surface area is 256 Å². The van der Waals surface area contributed by atoms with E-state index in [2.05, 4.69) is 10.3 Å². The van der Waals surface area contributed by atoms with Gasteiger partial charge in [0, 0.05) is 48.8 Å². The number of anilines is 1. The first-order chi connectivity index (χ1) is 21.2. The number of nitrogens with one attached hydrogen (secondary N) is 2. The number of aryl methyl sites for hydroxylation is 1. The van der Waals surface area contributed by atoms with Crippen LogP contribution in [0.4, 0.5) is 5.69 Å². The molecule has 2 N–H and O–H groups in total. The van der Waals surface area contributed by atoms with Crippen molar-refractivity contribution >= 4 is 40.2 Å². The summed E-state index contributed by atoms with van der Waals surface area (Å²) in [6.07, 6.45) is 0.476. The maximum absolute atomic E-state index is 13.6. The van der Waals surface area contributed by atoms with Gasteiger partial charge in [-0.05, 0) is 48.4 Å². The number of aromatic amines is 1. The number of carbonyl (C=O) groups is 4. The molecule has 0 saturated carbocycles. The van der Waals surface area contributed by atoms with Gasteiger partial charge >= 0.3 is 0 Å². The fraction of sp³-hybridized carbons (Fsp3) is 0.294. The summed E-state index contributed by atoms with van der Waals surface area (Å²) in [5.74, 6) is -0.503. The average Bonchev–Trinajstić information content (AvgIpc) is 3.35. The zero-order valence-electron chi connectivity index (χ0n) is 25.2. The number of piperazine rings is 1. The van der Waals surface area contributed by atoms with E-state index in [1.807, 2.05) is 61.5 Å². The normalized spacial score (nSPS) is 13.9. The van der Waals surface area contributed by atoms with Gasteiger partial charge in [0.05, 0.1) is 26.6 Å². The summed E-state index contributed by atoms with van der Waals surface area (Å²) in [5, 5.41) is 3.86. The molecule has 1 atom stereocenters. The molecule has 5 rings (SSSR count). The van der Waals surface area contributed by atoms with Crippen LogP contribution < -0.4 is 15.0 Å². The maximum atomic E-state index is 13.6. The van der Waals surface area contributed by atoms with E-state index in [-0.39, 0.29) is 50.2 Å². The second kappa shape index (κ2) is 13.5. The molecule has 0 unspecified atom stereocenters. The number of carbonyl (C=O) groups excluding carboxylic acids is 4. The van der Waals surface area contributed by atoms with Crippen LogP contribution in [0.25, 0.3) is 10.9 Å². The lowest BCUT2D eigenvalue weighted by Crippen LogP contribution is -2.56. The molecule has 1 aliphatic rings. The first kappa shape index (κ1) is 30.3. The number of hydrogen-bond donors (Lipinski definition) is 2. The topological polar surface area (TPSA) is 115 Å². The number of para-hydroxylation sites is 1. The third-order valence-corrected chi connectivity index (χ3v) is 8.07. The number of H-pyrrole nitrogens is 1. The molecule has 4 aromatic rings. The van der Waals surface area contributed by atoms with Crippen molar-refractivity contribution in [1.29, 1.82) is 0 Å². The molecule has 0 bridgehead atoms. The minimum absolute atomic E-state index is 0.0971. The number of amides is 4. The number of rotatable bonds is 10. The highest BCUT2D eigenvalue weighted by molar-refractivity contribution is 5.99. The monoisotopic (exact) mass is 595 g/mol. The Balaban J connectivity index is 1.21. The van der Waals surface area contributed by atoms with E-state index in [4.69, 9.17) is 4.74 Å². The number of methoxy groups -OCH3 is 1. The van der Waals surface area contributed by atoms with Crippen LogP contribution in [0.3, 0.4) is 0 Å². The minimum Gasteiger partial charge on any atom is -0.497 e. The van der Waals surface area contributed by atoms with Crippen LogP contribution in [0.1, 0.15) is 16.8 Å². The second-order valence-corrected chi connectivity index (χ2v) is 11.0. The van der Waals surface area contributed by atoms with Gasteiger partial charge in [-0.3, -0.25) is 19.2 Å². The van der Waals surface area contributed by atoms with Crippen molar-refractivity contribution in [2.45, 2.75) is 25.8 Å². The number of benzene rings is 3. The molecule has 4 amide bonds. The van der Waals surface area contributed by atoms with Crippen LogP contribution in [0, 0.1) is 6.92 Å². The Hall–Kier alpha value is -5.12. The van der Waals surface area contributed by atoms with Gasteiger partial charge in [0.1, 0.15) is 11.8 Å². The van der Waals surface area contributed by atoms with Crippen LogP contribution in [0.2, 0.25) is 0 Å². The van der Waals surface area contributed by atoms with Crippen molar-refractivity contribution < 1.29 is 23.9 Å². The summed E-state index contributed by atoms with van der Waals surface area (Å²) in [4.78, 5) is 60.8. The zero-order chi connectivity index (χ0) is 31.2. The molecule has 0 spiro atoms. The molecular weight excluding hydrogens is 558 g/mol. The van der Waals surface area contributed by atoms with Crippen molar-refractivity contribution in [1.82, 2.24) is 20.1 Å². The molecule has 228 valence electrons. The van der Waals surface area contributed by atoms with Gasteiger partial charge < -0.3 is 29.7 Å². The van der Waals surface area contributed by atoms with E-state index in [1.165, 1.54) is 9.80 Å². The lowest BCUT2D eigenvalue weighted by molar-refractivity contribution is -0.146. The van der Waals surface area contributed by atoms with Gasteiger partial charge in [-0.1, -0.05) is 48.5 Å². The highest BCUT2D eigenvalue weighted by Gasteiger charge is 2.31. The van der Waals surface area contributed by atoms with E-state index < -0.39 is 11.9 Å². The molecule has 2 heterocycles. The molecule has 1 fully saturated rings. The summed E-state index contributed by atoms with van der Waals surface area (Å²) in [7, 11) is 3.23. The number of nitrogens with zero attached hydrogens (tertiary/aromatic N) is 3. The van der Waals surface area contributed by atoms with Gasteiger partial charge in [0.15, 0.2) is 0 Å². The molecule has 0 aliphatic carbocycles. The molecule has 0 radical (unpaired) electrons. The molecule has 3 aromatic carbocycles. The SMILES string of the molecule is COc1ccc(N(C)C(=O)[C@H](Cc2ccccc2)NC(=O)CN2CCN(C(=O)Cc3c(C)[nH]c4ccccc34)CC2=O)cc1. The first-order valence-electron chi connectivity index (χ1n) is 14.6. The van der Waals surface area contributed by atoms with Crippen molar-refractivity contribution in [2.24, 2.45) is 0 Å². The van der Waals surface area contributed by atoms with Crippen LogP contribution in [0.5, 0.6) is 5.75 Å². The van der Waals surface area contributed by atoms with Crippen molar-refractivity contribution in [2.75, 3.05) is 45.2 Å². The fourth-order valence-corrected chi connectivity index (χ4v) is 5.54. The summed E-state index contributed by atoms with van der Waals surface area (Å²) in [6.45, 7) is 2.20. The Morgan fingerprint density at radius 2 is 1.68 bits per heavy atom. The average molecular weight is 596 g/mol. The van der Waals surface area contributed by atoms with Crippen molar-refractivity contribution in [3.63, 3.8) is 0 Å². The number of likely N-dealkylation sites (N-methyl/N-ethyl adjacent to an activating group) is 1. The predicted octanol–water partition coefficient (Wildman–Crippen LogP) is 3.09. The maximum Gasteiger partial charge on any atom is 0.249 e. The molecular formula is C34H37N5O5. The van der Waals surface area contributed by atoms with Crippen LogP contribution >= 0.6 is 0 Å². The van der Waals surface area contributed by atoms with Gasteiger partial charge in [-0.2, -0.15) is 0 Å². The quantitative estimate of drug-likeness (QED) is 0.293. The van der Waals surface area contributed by atoms with Gasteiger partial charge in [0.2, 0.25) is 23.6 Å². The highest BCUT2D eigenvalue weighted by Crippen LogP contribution is 2.23. The summed E-state index contributed by atoms with van der Waals surface area (Å²) < 4.78 is 5.22. The summed E-state index contributed by atoms with van der Waals surface area (Å²) in [6, 6.07) is 23.5. The standard InChI is InChI=1S/C34H37N5O5/c1-23-28(27-11-7-8-12-29(27)35-23)20-32(41)39-18-17-38(33(42)22-39)21-31(40)36-30(19-24-9-5-4-6-10-24)34(43)37(2)25-13-15-26(44-3)16-14-25/h4-16,30,35H,17-22H2,1-3H3,(H,36,40)/t30-/m0/s1. The highest BCUT2D eigenvalue weighted by atomic mass is 16.5. The Bertz CT molecular complexity index is 1650. The minimum atomic E-state index is -0.852. The van der Waals surface area contributed by atoms with Crippen LogP contribution in [-0.2, 0) is 32.0 Å². The van der Waals surface area contributed by atoms with E-state index >= 15 is 0 Å². The van der Waals surface area contributed by atoms with Gasteiger partial charge in [-0.25, -0.2) is 0 Å². The van der Waals surface area contributed by atoms with Crippen LogP contribution in [-0.4, -0.2) is 84.8 Å². The lowest BCUT2D eigenvalue weighted by Gasteiger charge is -2.34. The molecule has 44 heavy (non-hydrogen) atoms. The van der Waals surface area contributed by atoms with Crippen molar-refractivity contribution in [3.8, 4) is 5.75 Å². The largest absolute Gasteiger partial charge is 0.497 e. The van der Waals surface area contributed by atoms with E-state index in [9.17, 15) is 19.2 Å². The predicted molar refractivity (Wildman–Crippen MR) is 168 cm³/mol. The van der Waals surface area contributed by atoms with Gasteiger partial charge in [0.25, 0.3) is 0 Å². The third kappa shape index (κ3) is 6.91. The smallest absolute Gasteiger partial charge is 0.249 e. The number of fused-ring (bicyclic) bond motifs is 1. The number of aromatic nitrogens is 1. The number of ether oxygens (including phenoxy) is 1. The van der Waals surface area contributed by atoms with E-state index in [1.54, 1.807) is 43.3 Å². The van der Waals surface area contributed by atoms with E-state index in [0.717, 1.165) is 27.7 Å². The summed E-state index contributed by atoms with van der Waals surface area (Å²) >= 11 is 0. The lowest BCUT2D eigenvalue weighted by atomic mass is 10.0. The molecule has 1 aliphatic heterocycles. The van der Waals surface area contributed by atoms with Crippen LogP contribution in [0.15, 0.2) is 78.9 Å². The van der Waals surface area contributed by atoms with Gasteiger partial charge in [-0.15, -0.1) is 0 Å². The number of hydrogen-bond acceptors (Lipinski definition) is 5. The van der Waals surface area contributed by atoms with Crippen molar-refractivity contribution in [3.05, 3.63) is 95.7 Å². The fourth-order valence-electron chi connectivity index (χ4n) is 5.54. The second-order valence-electron chi connectivity index (χ2n) is 11.0. The Morgan fingerprint density at radius 1 is 0.977 bits per heavy atom. The molecule has 10 heteroatoms. The molecule has 10 nitrogen and oxygen atoms in total.